The third kappa shape index (κ3) is 10.6. The molecule has 7 N–H and O–H groups in total. The number of carboxylic acid groups (broad SMARTS) is 1. The molecule has 0 aliphatic rings. The summed E-state index contributed by atoms with van der Waals surface area (Å²) in [7, 11) is 0. The van der Waals surface area contributed by atoms with Crippen LogP contribution >= 0.6 is 11.8 Å². The molecular formula is C28H38N4O6S. The number of nitrogens with two attached hydrogens (primary N) is 1. The molecule has 4 unspecified atom stereocenters. The van der Waals surface area contributed by atoms with Crippen LogP contribution in [0.5, 0.6) is 5.75 Å². The van der Waals surface area contributed by atoms with Gasteiger partial charge in [-0.1, -0.05) is 56.3 Å². The van der Waals surface area contributed by atoms with Crippen LogP contribution in [0.1, 0.15) is 31.4 Å². The largest absolute Gasteiger partial charge is 0.508 e. The van der Waals surface area contributed by atoms with E-state index in [1.165, 1.54) is 23.9 Å². The van der Waals surface area contributed by atoms with Gasteiger partial charge in [0.15, 0.2) is 0 Å². The molecule has 0 aromatic heterocycles. The van der Waals surface area contributed by atoms with Gasteiger partial charge in [0, 0.05) is 6.42 Å². The van der Waals surface area contributed by atoms with E-state index in [0.29, 0.717) is 24.2 Å². The van der Waals surface area contributed by atoms with Crippen LogP contribution in [0, 0.1) is 5.92 Å². The molecule has 0 spiro atoms. The number of amides is 3. The van der Waals surface area contributed by atoms with Gasteiger partial charge in [0.1, 0.15) is 23.9 Å². The Morgan fingerprint density at radius 1 is 0.821 bits per heavy atom. The first-order valence-electron chi connectivity index (χ1n) is 12.7. The van der Waals surface area contributed by atoms with Crippen molar-refractivity contribution in [1.29, 1.82) is 0 Å². The van der Waals surface area contributed by atoms with Crippen LogP contribution in [0.4, 0.5) is 0 Å². The molecule has 0 radical (unpaired) electrons. The Morgan fingerprint density at radius 3 is 1.95 bits per heavy atom. The van der Waals surface area contributed by atoms with E-state index in [4.69, 9.17) is 5.73 Å². The maximum Gasteiger partial charge on any atom is 0.326 e. The predicted octanol–water partition coefficient (Wildman–Crippen LogP) is 1.45. The van der Waals surface area contributed by atoms with Crippen LogP contribution in [-0.4, -0.2) is 70.1 Å². The molecule has 0 aliphatic heterocycles. The lowest BCUT2D eigenvalue weighted by atomic mass is 10.0. The lowest BCUT2D eigenvalue weighted by Gasteiger charge is -2.26. The smallest absolute Gasteiger partial charge is 0.326 e. The van der Waals surface area contributed by atoms with Crippen LogP contribution in [0.25, 0.3) is 0 Å². The number of rotatable bonds is 15. The lowest BCUT2D eigenvalue weighted by Crippen LogP contribution is -2.58. The molecule has 0 aliphatic carbocycles. The Kier molecular flexibility index (Phi) is 12.8. The highest BCUT2D eigenvalue weighted by Crippen LogP contribution is 2.13. The maximum atomic E-state index is 13.4. The summed E-state index contributed by atoms with van der Waals surface area (Å²) in [5.41, 5.74) is 7.63. The first kappa shape index (κ1) is 31.6. The number of nitrogens with one attached hydrogen (secondary N) is 3. The van der Waals surface area contributed by atoms with Crippen LogP contribution in [0.2, 0.25) is 0 Å². The minimum atomic E-state index is -1.19. The van der Waals surface area contributed by atoms with Crippen molar-refractivity contribution in [2.24, 2.45) is 11.7 Å². The van der Waals surface area contributed by atoms with Gasteiger partial charge in [0.05, 0.1) is 6.04 Å². The Morgan fingerprint density at radius 2 is 1.38 bits per heavy atom. The molecule has 2 aromatic carbocycles. The van der Waals surface area contributed by atoms with Gasteiger partial charge in [-0.05, 0) is 54.0 Å². The van der Waals surface area contributed by atoms with Crippen molar-refractivity contribution >= 4 is 35.5 Å². The van der Waals surface area contributed by atoms with Gasteiger partial charge in [-0.25, -0.2) is 4.79 Å². The third-order valence-corrected chi connectivity index (χ3v) is 6.76. The number of carbonyl (C=O) groups excluding carboxylic acids is 3. The highest BCUT2D eigenvalue weighted by Gasteiger charge is 2.31. The number of carboxylic acids is 1. The number of carbonyl (C=O) groups is 4. The zero-order chi connectivity index (χ0) is 28.9. The third-order valence-electron chi connectivity index (χ3n) is 6.12. The van der Waals surface area contributed by atoms with E-state index in [2.05, 4.69) is 16.0 Å². The molecule has 0 bridgehead atoms. The quantitative estimate of drug-likeness (QED) is 0.191. The van der Waals surface area contributed by atoms with Gasteiger partial charge in [0.25, 0.3) is 0 Å². The molecule has 11 heteroatoms. The van der Waals surface area contributed by atoms with Gasteiger partial charge in [-0.2, -0.15) is 11.8 Å². The molecule has 212 valence electrons. The lowest BCUT2D eigenvalue weighted by molar-refractivity contribution is -0.143. The Bertz CT molecular complexity index is 1100. The Labute approximate surface area is 233 Å². The minimum absolute atomic E-state index is 0.0407. The average molecular weight is 559 g/mol. The zero-order valence-electron chi connectivity index (χ0n) is 22.4. The van der Waals surface area contributed by atoms with Crippen molar-refractivity contribution in [3.63, 3.8) is 0 Å². The molecule has 10 nitrogen and oxygen atoms in total. The number of phenols is 1. The number of aliphatic carboxylic acids is 1. The highest BCUT2D eigenvalue weighted by atomic mass is 32.2. The fraction of sp³-hybridized carbons (Fsp3) is 0.429. The molecule has 0 heterocycles. The molecule has 0 fully saturated rings. The highest BCUT2D eigenvalue weighted by molar-refractivity contribution is 7.98. The van der Waals surface area contributed by atoms with Gasteiger partial charge in [-0.15, -0.1) is 0 Å². The number of hydrogen-bond donors (Lipinski definition) is 6. The molecule has 0 saturated heterocycles. The minimum Gasteiger partial charge on any atom is -0.508 e. The van der Waals surface area contributed by atoms with Crippen molar-refractivity contribution in [2.75, 3.05) is 12.0 Å². The summed E-state index contributed by atoms with van der Waals surface area (Å²) < 4.78 is 0. The van der Waals surface area contributed by atoms with Crippen molar-refractivity contribution in [1.82, 2.24) is 16.0 Å². The SMILES string of the molecule is CSCCC(NC(=O)C(N)Cc1ccccc1)C(=O)NC(Cc1ccc(O)cc1)C(=O)NC(C(=O)O)C(C)C. The first-order chi connectivity index (χ1) is 18.5. The first-order valence-corrected chi connectivity index (χ1v) is 14.1. The standard InChI is InChI=1S/C28H38N4O6S/c1-17(2)24(28(37)38)32-27(36)23(16-19-9-11-20(33)12-10-19)31-26(35)22(13-14-39-3)30-25(34)21(29)15-18-7-5-4-6-8-18/h4-12,17,21-24,33H,13-16,29H2,1-3H3,(H,30,34)(H,31,35)(H,32,36)(H,37,38). The maximum absolute atomic E-state index is 13.4. The van der Waals surface area contributed by atoms with Crippen LogP contribution < -0.4 is 21.7 Å². The molecular weight excluding hydrogens is 520 g/mol. The predicted molar refractivity (Wildman–Crippen MR) is 151 cm³/mol. The van der Waals surface area contributed by atoms with Gasteiger partial charge >= 0.3 is 5.97 Å². The summed E-state index contributed by atoms with van der Waals surface area (Å²) in [4.78, 5) is 51.1. The number of thioether (sulfide) groups is 1. The number of hydrogen-bond acceptors (Lipinski definition) is 7. The second-order valence-corrected chi connectivity index (χ2v) is 10.6. The summed E-state index contributed by atoms with van der Waals surface area (Å²) in [6.45, 7) is 3.33. The van der Waals surface area contributed by atoms with Crippen molar-refractivity contribution in [3.8, 4) is 5.75 Å². The fourth-order valence-corrected chi connectivity index (χ4v) is 4.33. The zero-order valence-corrected chi connectivity index (χ0v) is 23.2. The summed E-state index contributed by atoms with van der Waals surface area (Å²) in [5.74, 6) is -2.73. The normalized spacial score (nSPS) is 14.1. The van der Waals surface area contributed by atoms with Crippen LogP contribution in [-0.2, 0) is 32.0 Å². The summed E-state index contributed by atoms with van der Waals surface area (Å²) in [6.07, 6.45) is 2.51. The molecule has 3 amide bonds. The monoisotopic (exact) mass is 558 g/mol. The van der Waals surface area contributed by atoms with Crippen molar-refractivity contribution in [3.05, 3.63) is 65.7 Å². The van der Waals surface area contributed by atoms with E-state index < -0.39 is 53.8 Å². The summed E-state index contributed by atoms with van der Waals surface area (Å²) in [6, 6.07) is 11.3. The van der Waals surface area contributed by atoms with E-state index in [0.717, 1.165) is 5.56 Å². The van der Waals surface area contributed by atoms with Crippen LogP contribution in [0.3, 0.4) is 0 Å². The molecule has 4 atom stereocenters. The molecule has 2 rings (SSSR count). The summed E-state index contributed by atoms with van der Waals surface area (Å²) >= 11 is 1.50. The van der Waals surface area contributed by atoms with E-state index in [1.54, 1.807) is 26.0 Å². The molecule has 39 heavy (non-hydrogen) atoms. The van der Waals surface area contributed by atoms with E-state index in [1.807, 2.05) is 36.6 Å². The van der Waals surface area contributed by atoms with Gasteiger partial charge < -0.3 is 31.9 Å². The Balaban J connectivity index is 2.20. The number of benzene rings is 2. The summed E-state index contributed by atoms with van der Waals surface area (Å²) in [5, 5.41) is 27.0. The second kappa shape index (κ2) is 15.7. The fourth-order valence-electron chi connectivity index (χ4n) is 3.86. The average Bonchev–Trinajstić information content (AvgIpc) is 2.90. The van der Waals surface area contributed by atoms with E-state index in [9.17, 15) is 29.4 Å². The van der Waals surface area contributed by atoms with E-state index >= 15 is 0 Å². The number of aromatic hydroxyl groups is 1. The topological polar surface area (TPSA) is 171 Å². The van der Waals surface area contributed by atoms with Gasteiger partial charge in [-0.3, -0.25) is 14.4 Å². The van der Waals surface area contributed by atoms with Crippen LogP contribution in [0.15, 0.2) is 54.6 Å². The number of phenolic OH excluding ortho intramolecular Hbond substituents is 1. The van der Waals surface area contributed by atoms with Gasteiger partial charge in [0.2, 0.25) is 17.7 Å². The molecule has 0 saturated carbocycles. The Hall–Kier alpha value is -3.57. The van der Waals surface area contributed by atoms with Crippen molar-refractivity contribution < 1.29 is 29.4 Å². The molecule has 2 aromatic rings. The van der Waals surface area contributed by atoms with E-state index in [-0.39, 0.29) is 12.2 Å². The second-order valence-electron chi connectivity index (χ2n) is 9.64. The van der Waals surface area contributed by atoms with Crippen molar-refractivity contribution in [2.45, 2.75) is 57.3 Å².